The van der Waals surface area contributed by atoms with Gasteiger partial charge in [0.05, 0.1) is 11.2 Å². The zero-order valence-corrected chi connectivity index (χ0v) is 38.8. The molecule has 0 saturated carbocycles. The molecule has 322 valence electrons. The lowest BCUT2D eigenvalue weighted by molar-refractivity contribution is 1.40. The summed E-state index contributed by atoms with van der Waals surface area (Å²) < 4.78 is 0. The lowest BCUT2D eigenvalue weighted by atomic mass is 9.88. The number of aromatic nitrogens is 1. The highest BCUT2D eigenvalue weighted by Crippen LogP contribution is 2.48. The number of hydrogen-bond acceptors (Lipinski definition) is 1. The topological polar surface area (TPSA) is 12.9 Å². The van der Waals surface area contributed by atoms with Gasteiger partial charge in [-0.1, -0.05) is 174 Å². The molecule has 0 aliphatic heterocycles. The third-order valence-electron chi connectivity index (χ3n) is 13.8. The van der Waals surface area contributed by atoms with Crippen molar-refractivity contribution in [1.82, 2.24) is 4.98 Å². The smallest absolute Gasteiger partial charge is 0.0722 e. The number of aryl methyl sites for hydroxylation is 4. The highest BCUT2D eigenvalue weighted by molar-refractivity contribution is 6.15. The molecular formula is C67H49N. The van der Waals surface area contributed by atoms with Crippen molar-refractivity contribution in [2.24, 2.45) is 0 Å². The fraction of sp³-hybridized carbons (Fsp3) is 0.0597. The van der Waals surface area contributed by atoms with E-state index in [1.807, 2.05) is 0 Å². The second-order valence-electron chi connectivity index (χ2n) is 18.7. The van der Waals surface area contributed by atoms with E-state index in [0.717, 1.165) is 39.0 Å². The number of rotatable bonds is 8. The molecule has 0 atom stereocenters. The van der Waals surface area contributed by atoms with Gasteiger partial charge in [0, 0.05) is 10.9 Å². The van der Waals surface area contributed by atoms with Crippen LogP contribution >= 0.6 is 0 Å². The summed E-state index contributed by atoms with van der Waals surface area (Å²) in [6.07, 6.45) is 0. The fourth-order valence-corrected chi connectivity index (χ4v) is 10.0. The molecule has 0 spiro atoms. The summed E-state index contributed by atoms with van der Waals surface area (Å²) in [5.74, 6) is 0. The van der Waals surface area contributed by atoms with Crippen LogP contribution in [0.3, 0.4) is 0 Å². The Bertz CT molecular complexity index is 3440. The summed E-state index contributed by atoms with van der Waals surface area (Å²) in [4.78, 5) is 5.33. The van der Waals surface area contributed by atoms with E-state index >= 15 is 0 Å². The van der Waals surface area contributed by atoms with E-state index in [4.69, 9.17) is 4.98 Å². The molecule has 1 heterocycles. The third-order valence-corrected chi connectivity index (χ3v) is 13.8. The monoisotopic (exact) mass is 867 g/mol. The summed E-state index contributed by atoms with van der Waals surface area (Å²) >= 11 is 0. The Morgan fingerprint density at radius 2 is 0.529 bits per heavy atom. The Hall–Kier alpha value is -8.39. The Morgan fingerprint density at radius 1 is 0.221 bits per heavy atom. The maximum Gasteiger partial charge on any atom is 0.0722 e. The SMILES string of the molecule is Cc1ccc(-c2cc(-c3ccc(C)cc3)cc(-c3cc(-c4cc(-c5ccc(C)cc5)cc(-c5ccc(C)cc5)c4)cc(-c4cccc(-c5cc6c7c(cccc7n5)-c5ccccc5-6)c4)c3)c2)cc1. The highest BCUT2D eigenvalue weighted by atomic mass is 14.7. The van der Waals surface area contributed by atoms with E-state index < -0.39 is 0 Å². The first-order valence-electron chi connectivity index (χ1n) is 23.6. The molecule has 1 aromatic heterocycles. The molecule has 0 bridgehead atoms. The molecule has 12 rings (SSSR count). The largest absolute Gasteiger partial charge is 0.248 e. The third kappa shape index (κ3) is 7.72. The van der Waals surface area contributed by atoms with Crippen molar-refractivity contribution in [2.45, 2.75) is 27.7 Å². The van der Waals surface area contributed by atoms with Crippen molar-refractivity contribution in [1.29, 1.82) is 0 Å². The normalized spacial score (nSPS) is 11.5. The van der Waals surface area contributed by atoms with Crippen LogP contribution in [0.5, 0.6) is 0 Å². The van der Waals surface area contributed by atoms with Crippen LogP contribution in [0, 0.1) is 27.7 Å². The molecule has 0 radical (unpaired) electrons. The van der Waals surface area contributed by atoms with Gasteiger partial charge in [-0.05, 0) is 201 Å². The quantitative estimate of drug-likeness (QED) is 0.148. The van der Waals surface area contributed by atoms with Crippen molar-refractivity contribution >= 4 is 10.9 Å². The lowest BCUT2D eigenvalue weighted by Crippen LogP contribution is -1.91. The molecule has 0 amide bonds. The molecule has 0 N–H and O–H groups in total. The van der Waals surface area contributed by atoms with Crippen molar-refractivity contribution in [2.75, 3.05) is 0 Å². The van der Waals surface area contributed by atoms with Gasteiger partial charge in [0.1, 0.15) is 0 Å². The second-order valence-corrected chi connectivity index (χ2v) is 18.7. The van der Waals surface area contributed by atoms with E-state index in [1.54, 1.807) is 0 Å². The van der Waals surface area contributed by atoms with Crippen LogP contribution in [0.4, 0.5) is 0 Å². The maximum atomic E-state index is 5.33. The van der Waals surface area contributed by atoms with Gasteiger partial charge in [0.15, 0.2) is 0 Å². The van der Waals surface area contributed by atoms with Gasteiger partial charge in [0.2, 0.25) is 0 Å². The Morgan fingerprint density at radius 3 is 0.941 bits per heavy atom. The summed E-state index contributed by atoms with van der Waals surface area (Å²) in [7, 11) is 0. The Labute approximate surface area is 399 Å². The number of fused-ring (bicyclic) bond motifs is 3. The molecule has 0 fully saturated rings. The van der Waals surface area contributed by atoms with E-state index in [0.29, 0.717) is 0 Å². The molecule has 68 heavy (non-hydrogen) atoms. The van der Waals surface area contributed by atoms with Crippen molar-refractivity contribution in [3.05, 3.63) is 247 Å². The van der Waals surface area contributed by atoms with Crippen LogP contribution in [0.25, 0.3) is 122 Å². The van der Waals surface area contributed by atoms with E-state index in [-0.39, 0.29) is 0 Å². The minimum Gasteiger partial charge on any atom is -0.248 e. The second kappa shape index (κ2) is 16.8. The highest BCUT2D eigenvalue weighted by Gasteiger charge is 2.23. The first-order chi connectivity index (χ1) is 33.3. The molecule has 1 nitrogen and oxygen atoms in total. The number of hydrogen-bond donors (Lipinski definition) is 0. The van der Waals surface area contributed by atoms with Crippen LogP contribution in [0.2, 0.25) is 0 Å². The first-order valence-corrected chi connectivity index (χ1v) is 23.6. The molecule has 0 saturated heterocycles. The molecule has 10 aromatic carbocycles. The van der Waals surface area contributed by atoms with Gasteiger partial charge in [-0.15, -0.1) is 0 Å². The molecule has 0 unspecified atom stereocenters. The van der Waals surface area contributed by atoms with Gasteiger partial charge < -0.3 is 0 Å². The Kier molecular flexibility index (Phi) is 10.1. The minimum absolute atomic E-state index is 0.974. The average molecular weight is 868 g/mol. The van der Waals surface area contributed by atoms with Crippen LogP contribution in [0.1, 0.15) is 22.3 Å². The summed E-state index contributed by atoms with van der Waals surface area (Å²) in [6.45, 7) is 8.60. The van der Waals surface area contributed by atoms with Gasteiger partial charge in [-0.2, -0.15) is 0 Å². The maximum absolute atomic E-state index is 5.33. The Balaban J connectivity index is 1.07. The van der Waals surface area contributed by atoms with Crippen LogP contribution in [-0.4, -0.2) is 4.98 Å². The zero-order valence-electron chi connectivity index (χ0n) is 38.8. The summed E-state index contributed by atoms with van der Waals surface area (Å²) in [6, 6.07) is 83.5. The molecular weight excluding hydrogens is 819 g/mol. The number of nitrogens with zero attached hydrogens (tertiary/aromatic N) is 1. The van der Waals surface area contributed by atoms with Gasteiger partial charge in [-0.3, -0.25) is 0 Å². The summed E-state index contributed by atoms with van der Waals surface area (Å²) in [5.41, 5.74) is 29.6. The lowest BCUT2D eigenvalue weighted by Gasteiger charge is -2.17. The number of pyridine rings is 1. The number of benzene rings is 10. The molecule has 11 aromatic rings. The first kappa shape index (κ1) is 41.1. The fourth-order valence-electron chi connectivity index (χ4n) is 10.0. The summed E-state index contributed by atoms with van der Waals surface area (Å²) in [5, 5.41) is 1.24. The van der Waals surface area contributed by atoms with Crippen LogP contribution in [-0.2, 0) is 0 Å². The molecule has 1 aliphatic carbocycles. The minimum atomic E-state index is 0.974. The zero-order chi connectivity index (χ0) is 45.9. The van der Waals surface area contributed by atoms with Crippen LogP contribution < -0.4 is 0 Å². The van der Waals surface area contributed by atoms with E-state index in [9.17, 15) is 0 Å². The van der Waals surface area contributed by atoms with Gasteiger partial charge >= 0.3 is 0 Å². The van der Waals surface area contributed by atoms with Gasteiger partial charge in [-0.25, -0.2) is 4.98 Å². The van der Waals surface area contributed by atoms with Crippen LogP contribution in [0.15, 0.2) is 224 Å². The molecule has 1 heteroatoms. The van der Waals surface area contributed by atoms with E-state index in [1.165, 1.54) is 106 Å². The van der Waals surface area contributed by atoms with Gasteiger partial charge in [0.25, 0.3) is 0 Å². The molecule has 1 aliphatic rings. The van der Waals surface area contributed by atoms with Crippen molar-refractivity contribution in [3.63, 3.8) is 0 Å². The van der Waals surface area contributed by atoms with Crippen molar-refractivity contribution < 1.29 is 0 Å². The standard InChI is InChI=1S/C67H49N/c1-42-15-23-46(24-16-42)52-32-53(47-25-17-43(2)18-26-47)35-57(34-52)59-38-56(39-60(40-59)58-36-54(48-27-19-44(3)20-28-48)33-55(37-58)49-29-21-45(4)22-30-49)50-9-7-10-51(31-50)66-41-64-62-12-6-5-11-61(62)63-13-8-14-65(68-66)67(63)64/h5-41H,1-4H3. The van der Waals surface area contributed by atoms with Crippen molar-refractivity contribution in [3.8, 4) is 111 Å². The average Bonchev–Trinajstić information content (AvgIpc) is 3.71. The predicted octanol–water partition coefficient (Wildman–Crippen LogP) is 18.5. The predicted molar refractivity (Wildman–Crippen MR) is 289 cm³/mol. The van der Waals surface area contributed by atoms with E-state index in [2.05, 4.69) is 252 Å².